The van der Waals surface area contributed by atoms with E-state index in [1.807, 2.05) is 7.05 Å². The van der Waals surface area contributed by atoms with Crippen LogP contribution in [0.5, 0.6) is 0 Å². The molecule has 0 aromatic rings. The van der Waals surface area contributed by atoms with Crippen molar-refractivity contribution in [3.8, 4) is 0 Å². The van der Waals surface area contributed by atoms with Gasteiger partial charge in [-0.2, -0.15) is 0 Å². The second-order valence-electron chi connectivity index (χ2n) is 3.64. The minimum absolute atomic E-state index is 0.836. The van der Waals surface area contributed by atoms with Gasteiger partial charge in [0, 0.05) is 0 Å². The van der Waals surface area contributed by atoms with E-state index in [4.69, 9.17) is 0 Å². The average molecular weight is 159 g/mol. The molecule has 1 rings (SSSR count). The third-order valence-electron chi connectivity index (χ3n) is 2.92. The first kappa shape index (κ1) is 8.07. The van der Waals surface area contributed by atoms with E-state index in [0.29, 0.717) is 0 Å². The van der Waals surface area contributed by atoms with Gasteiger partial charge in [0.25, 0.3) is 0 Å². The van der Waals surface area contributed by atoms with Crippen molar-refractivity contribution in [1.82, 2.24) is 5.32 Å². The van der Waals surface area contributed by atoms with Crippen molar-refractivity contribution < 1.29 is 0 Å². The van der Waals surface area contributed by atoms with Crippen LogP contribution in [0, 0.1) is 0 Å². The number of nitrogens with one attached hydrogen (secondary N) is 1. The van der Waals surface area contributed by atoms with Crippen molar-refractivity contribution in [2.24, 2.45) is 0 Å². The molecule has 1 saturated heterocycles. The van der Waals surface area contributed by atoms with Gasteiger partial charge in [0.15, 0.2) is 0 Å². The van der Waals surface area contributed by atoms with Crippen molar-refractivity contribution in [3.63, 3.8) is 0 Å². The molecule has 0 aliphatic carbocycles. The summed E-state index contributed by atoms with van der Waals surface area (Å²) < 4.78 is 0. The van der Waals surface area contributed by atoms with E-state index in [1.165, 1.54) is 6.16 Å². The van der Waals surface area contributed by atoms with E-state index < -0.39 is 7.26 Å². The molecule has 1 aliphatic heterocycles. The molecule has 0 unspecified atom stereocenters. The van der Waals surface area contributed by atoms with Crippen LogP contribution in [-0.4, -0.2) is 25.5 Å². The Hall–Kier alpha value is -0.0300. The summed E-state index contributed by atoms with van der Waals surface area (Å²) in [7, 11) is 1.14. The molecule has 1 heterocycles. The summed E-state index contributed by atoms with van der Waals surface area (Å²) in [6, 6.07) is 0. The monoisotopic (exact) mass is 159 g/mol. The van der Waals surface area contributed by atoms with E-state index in [-0.39, 0.29) is 0 Å². The Bertz CT molecular complexity index is 165. The molecular weight excluding hydrogens is 141 g/mol. The molecule has 0 radical (unpaired) electrons. The van der Waals surface area contributed by atoms with Crippen LogP contribution in [0.3, 0.4) is 0 Å². The van der Waals surface area contributed by atoms with Gasteiger partial charge in [-0.3, -0.25) is 0 Å². The van der Waals surface area contributed by atoms with Crippen molar-refractivity contribution >= 4 is 7.26 Å². The quantitative estimate of drug-likeness (QED) is 0.606. The van der Waals surface area contributed by atoms with Crippen LogP contribution < -0.4 is 5.32 Å². The molecule has 0 spiro atoms. The summed E-state index contributed by atoms with van der Waals surface area (Å²) in [5.41, 5.74) is 1.03. The van der Waals surface area contributed by atoms with Crippen LogP contribution in [0.15, 0.2) is 11.5 Å². The SMILES string of the molecule is CN/C=C(\C)[PH]1(C)C[C@H]1C. The molecule has 0 bridgehead atoms. The van der Waals surface area contributed by atoms with E-state index >= 15 is 0 Å². The summed E-state index contributed by atoms with van der Waals surface area (Å²) in [6.07, 6.45) is 3.67. The van der Waals surface area contributed by atoms with Gasteiger partial charge in [0.2, 0.25) is 0 Å². The molecule has 1 atom stereocenters. The van der Waals surface area contributed by atoms with E-state index in [9.17, 15) is 0 Å². The first-order valence-corrected chi connectivity index (χ1v) is 6.74. The van der Waals surface area contributed by atoms with Crippen LogP contribution in [0.2, 0.25) is 0 Å². The number of hydrogen-bond donors (Lipinski definition) is 1. The average Bonchev–Trinajstić information content (AvgIpc) is 2.43. The topological polar surface area (TPSA) is 12.0 Å². The Morgan fingerprint density at radius 1 is 1.70 bits per heavy atom. The minimum atomic E-state index is -0.836. The van der Waals surface area contributed by atoms with Gasteiger partial charge in [-0.1, -0.05) is 0 Å². The Morgan fingerprint density at radius 2 is 2.20 bits per heavy atom. The predicted molar refractivity (Wildman–Crippen MR) is 51.4 cm³/mol. The summed E-state index contributed by atoms with van der Waals surface area (Å²) in [5.74, 6) is 0. The molecule has 60 valence electrons. The molecule has 1 nitrogen and oxygen atoms in total. The summed E-state index contributed by atoms with van der Waals surface area (Å²) in [6.45, 7) is 7.12. The first-order valence-electron chi connectivity index (χ1n) is 3.96. The Kier molecular flexibility index (Phi) is 2.05. The zero-order valence-corrected chi connectivity index (χ0v) is 8.36. The van der Waals surface area contributed by atoms with Gasteiger partial charge >= 0.3 is 63.5 Å². The van der Waals surface area contributed by atoms with Crippen LogP contribution in [0.25, 0.3) is 0 Å². The first-order chi connectivity index (χ1) is 4.61. The van der Waals surface area contributed by atoms with Crippen molar-refractivity contribution in [2.75, 3.05) is 19.9 Å². The van der Waals surface area contributed by atoms with Gasteiger partial charge in [-0.25, -0.2) is 0 Å². The fraction of sp³-hybridized carbons (Fsp3) is 0.750. The van der Waals surface area contributed by atoms with Gasteiger partial charge in [0.1, 0.15) is 0 Å². The molecule has 10 heavy (non-hydrogen) atoms. The van der Waals surface area contributed by atoms with Gasteiger partial charge in [0.05, 0.1) is 0 Å². The number of hydrogen-bond acceptors (Lipinski definition) is 1. The standard InChI is InChI=1S/C8H18NP/c1-7(5-9-3)10(4)6-8(10)2/h5,8-10H,6H2,1-4H3/b7-5+/t8-/m1/s1. The van der Waals surface area contributed by atoms with E-state index in [1.54, 1.807) is 5.31 Å². The summed E-state index contributed by atoms with van der Waals surface area (Å²) in [5, 5.41) is 4.73. The van der Waals surface area contributed by atoms with Crippen molar-refractivity contribution in [3.05, 3.63) is 11.5 Å². The zero-order chi connectivity index (χ0) is 7.78. The number of rotatable bonds is 2. The Labute approximate surface area is 64.2 Å². The van der Waals surface area contributed by atoms with Crippen molar-refractivity contribution in [2.45, 2.75) is 19.5 Å². The molecule has 1 fully saturated rings. The second-order valence-corrected chi connectivity index (χ2v) is 8.66. The molecule has 0 saturated carbocycles. The Balaban J connectivity index is 2.58. The van der Waals surface area contributed by atoms with E-state index in [0.717, 1.165) is 5.66 Å². The molecular formula is C8H18NP. The molecule has 1 aliphatic rings. The van der Waals surface area contributed by atoms with Gasteiger partial charge in [-0.15, -0.1) is 0 Å². The maximum atomic E-state index is 3.11. The van der Waals surface area contributed by atoms with Crippen LogP contribution in [-0.2, 0) is 0 Å². The molecule has 1 N–H and O–H groups in total. The fourth-order valence-corrected chi connectivity index (χ4v) is 5.15. The molecule has 0 aromatic heterocycles. The maximum absolute atomic E-state index is 3.11. The molecule has 0 amide bonds. The summed E-state index contributed by atoms with van der Waals surface area (Å²) >= 11 is 0. The normalized spacial score (nSPS) is 33.2. The van der Waals surface area contributed by atoms with E-state index in [2.05, 4.69) is 32.0 Å². The van der Waals surface area contributed by atoms with Crippen LogP contribution >= 0.6 is 7.26 Å². The van der Waals surface area contributed by atoms with Crippen LogP contribution in [0.1, 0.15) is 13.8 Å². The predicted octanol–water partition coefficient (Wildman–Crippen LogP) is 1.85. The van der Waals surface area contributed by atoms with Gasteiger partial charge in [-0.05, 0) is 0 Å². The van der Waals surface area contributed by atoms with Crippen LogP contribution in [0.4, 0.5) is 0 Å². The summed E-state index contributed by atoms with van der Waals surface area (Å²) in [4.78, 5) is 0. The molecule has 2 heteroatoms. The number of allylic oxidation sites excluding steroid dienone is 1. The van der Waals surface area contributed by atoms with Crippen molar-refractivity contribution in [1.29, 1.82) is 0 Å². The third-order valence-corrected chi connectivity index (χ3v) is 8.18. The van der Waals surface area contributed by atoms with Gasteiger partial charge < -0.3 is 0 Å². The second kappa shape index (κ2) is 2.54. The fourth-order valence-electron chi connectivity index (χ4n) is 1.51. The third kappa shape index (κ3) is 1.20. The molecule has 0 aromatic carbocycles. The zero-order valence-electron chi connectivity index (χ0n) is 7.36. The Morgan fingerprint density at radius 3 is 2.50 bits per heavy atom.